The Morgan fingerprint density at radius 2 is 1.44 bits per heavy atom. The van der Waals surface area contributed by atoms with Gasteiger partial charge in [0, 0.05) is 18.7 Å². The van der Waals surface area contributed by atoms with Crippen LogP contribution in [0.4, 0.5) is 0 Å². The summed E-state index contributed by atoms with van der Waals surface area (Å²) in [5, 5.41) is 3.42. The first-order chi connectivity index (χ1) is 13.4. The van der Waals surface area contributed by atoms with Crippen LogP contribution in [0.25, 0.3) is 0 Å². The van der Waals surface area contributed by atoms with Crippen LogP contribution in [0, 0.1) is 0 Å². The van der Waals surface area contributed by atoms with Gasteiger partial charge in [0.2, 0.25) is 0 Å². The van der Waals surface area contributed by atoms with Gasteiger partial charge in [-0.25, -0.2) is 0 Å². The molecule has 0 amide bonds. The van der Waals surface area contributed by atoms with Crippen LogP contribution in [0.15, 0.2) is 78.9 Å². The van der Waals surface area contributed by atoms with E-state index in [0.717, 1.165) is 44.0 Å². The molecule has 0 atom stereocenters. The Bertz CT molecular complexity index is 749. The predicted octanol–water partition coefficient (Wildman–Crippen LogP) is 5.00. The Labute approximate surface area is 162 Å². The van der Waals surface area contributed by atoms with Gasteiger partial charge in [-0.1, -0.05) is 66.7 Å². The highest BCUT2D eigenvalue weighted by Crippen LogP contribution is 2.32. The topological polar surface area (TPSA) is 30.5 Å². The lowest BCUT2D eigenvalue weighted by Crippen LogP contribution is -2.12. The number of benzene rings is 3. The standard InChI is InChI=1S/C14H15N.C10H12O2/c1-3-7-13(8-4-1)11-15-12-14-9-5-2-6-10-14;1-11-9-5-2-6-10-8(9)4-3-7-12-10/h1-10,15H,11-12H2;2,5-6H,3-4,7H2,1H3. The largest absolute Gasteiger partial charge is 0.496 e. The Morgan fingerprint density at radius 3 is 2.04 bits per heavy atom. The quantitative estimate of drug-likeness (QED) is 0.694. The van der Waals surface area contributed by atoms with E-state index in [2.05, 4.69) is 53.8 Å². The molecule has 0 aliphatic carbocycles. The molecule has 1 aliphatic rings. The second kappa shape index (κ2) is 10.4. The van der Waals surface area contributed by atoms with Crippen molar-refractivity contribution < 1.29 is 9.47 Å². The van der Waals surface area contributed by atoms with E-state index in [4.69, 9.17) is 9.47 Å². The molecular weight excluding hydrogens is 334 g/mol. The second-order valence-electron chi connectivity index (χ2n) is 6.46. The number of methoxy groups -OCH3 is 1. The lowest BCUT2D eigenvalue weighted by Gasteiger charge is -2.18. The van der Waals surface area contributed by atoms with Crippen LogP contribution >= 0.6 is 0 Å². The number of hydrogen-bond acceptors (Lipinski definition) is 3. The van der Waals surface area contributed by atoms with E-state index in [9.17, 15) is 0 Å². The molecule has 3 nitrogen and oxygen atoms in total. The molecule has 0 bridgehead atoms. The SMILES string of the molecule is COc1cccc2c1CCCO2.c1ccc(CNCc2ccccc2)cc1. The molecule has 4 rings (SSSR count). The number of fused-ring (bicyclic) bond motifs is 1. The molecule has 3 aromatic rings. The first-order valence-electron chi connectivity index (χ1n) is 9.44. The summed E-state index contributed by atoms with van der Waals surface area (Å²) in [4.78, 5) is 0. The van der Waals surface area contributed by atoms with E-state index < -0.39 is 0 Å². The molecule has 1 aliphatic heterocycles. The van der Waals surface area contributed by atoms with Gasteiger partial charge >= 0.3 is 0 Å². The second-order valence-corrected chi connectivity index (χ2v) is 6.46. The molecule has 140 valence electrons. The van der Waals surface area contributed by atoms with Gasteiger partial charge in [0.15, 0.2) is 0 Å². The van der Waals surface area contributed by atoms with Crippen molar-refractivity contribution in [2.24, 2.45) is 0 Å². The van der Waals surface area contributed by atoms with E-state index in [-0.39, 0.29) is 0 Å². The zero-order chi connectivity index (χ0) is 18.7. The van der Waals surface area contributed by atoms with Crippen LogP contribution in [0.1, 0.15) is 23.1 Å². The van der Waals surface area contributed by atoms with Gasteiger partial charge in [0.25, 0.3) is 0 Å². The summed E-state index contributed by atoms with van der Waals surface area (Å²) in [6, 6.07) is 26.8. The molecule has 1 heterocycles. The Morgan fingerprint density at radius 1 is 0.815 bits per heavy atom. The van der Waals surface area contributed by atoms with E-state index in [1.807, 2.05) is 30.3 Å². The van der Waals surface area contributed by atoms with Crippen LogP contribution < -0.4 is 14.8 Å². The Balaban J connectivity index is 0.000000159. The molecule has 0 saturated carbocycles. The lowest BCUT2D eigenvalue weighted by molar-refractivity contribution is 0.282. The molecule has 0 radical (unpaired) electrons. The monoisotopic (exact) mass is 361 g/mol. The third kappa shape index (κ3) is 5.87. The van der Waals surface area contributed by atoms with Crippen molar-refractivity contribution in [1.29, 1.82) is 0 Å². The van der Waals surface area contributed by atoms with Crippen molar-refractivity contribution in [3.05, 3.63) is 95.6 Å². The molecule has 1 N–H and O–H groups in total. The van der Waals surface area contributed by atoms with E-state index in [0.29, 0.717) is 0 Å². The summed E-state index contributed by atoms with van der Waals surface area (Å²) in [6.45, 7) is 2.69. The van der Waals surface area contributed by atoms with Crippen LogP contribution in [-0.2, 0) is 19.5 Å². The van der Waals surface area contributed by atoms with Gasteiger partial charge in [0.1, 0.15) is 11.5 Å². The van der Waals surface area contributed by atoms with Gasteiger partial charge in [-0.2, -0.15) is 0 Å². The number of nitrogens with one attached hydrogen (secondary N) is 1. The van der Waals surface area contributed by atoms with Crippen LogP contribution in [-0.4, -0.2) is 13.7 Å². The fraction of sp³-hybridized carbons (Fsp3) is 0.250. The summed E-state index contributed by atoms with van der Waals surface area (Å²) in [5.41, 5.74) is 3.87. The highest BCUT2D eigenvalue weighted by Gasteiger charge is 2.13. The molecule has 27 heavy (non-hydrogen) atoms. The van der Waals surface area contributed by atoms with Gasteiger partial charge in [-0.3, -0.25) is 0 Å². The Kier molecular flexibility index (Phi) is 7.31. The third-order valence-corrected chi connectivity index (χ3v) is 4.48. The maximum atomic E-state index is 5.49. The van der Waals surface area contributed by atoms with E-state index >= 15 is 0 Å². The van der Waals surface area contributed by atoms with Crippen molar-refractivity contribution in [2.75, 3.05) is 13.7 Å². The molecule has 0 spiro atoms. The van der Waals surface area contributed by atoms with Gasteiger partial charge in [0.05, 0.1) is 13.7 Å². The fourth-order valence-electron chi connectivity index (χ4n) is 3.09. The smallest absolute Gasteiger partial charge is 0.126 e. The summed E-state index contributed by atoms with van der Waals surface area (Å²) in [6.07, 6.45) is 2.16. The number of hydrogen-bond donors (Lipinski definition) is 1. The van der Waals surface area contributed by atoms with E-state index in [1.165, 1.54) is 16.7 Å². The maximum Gasteiger partial charge on any atom is 0.126 e. The predicted molar refractivity (Wildman–Crippen MR) is 110 cm³/mol. The van der Waals surface area contributed by atoms with Crippen LogP contribution in [0.5, 0.6) is 11.5 Å². The van der Waals surface area contributed by atoms with Gasteiger partial charge < -0.3 is 14.8 Å². The molecule has 0 saturated heterocycles. The Hall–Kier alpha value is -2.78. The molecule has 0 unspecified atom stereocenters. The minimum absolute atomic E-state index is 0.833. The highest BCUT2D eigenvalue weighted by atomic mass is 16.5. The molecular formula is C24H27NO2. The zero-order valence-electron chi connectivity index (χ0n) is 15.9. The average Bonchev–Trinajstić information content (AvgIpc) is 2.75. The molecule has 3 heteroatoms. The average molecular weight is 361 g/mol. The van der Waals surface area contributed by atoms with Crippen molar-refractivity contribution in [3.63, 3.8) is 0 Å². The van der Waals surface area contributed by atoms with Crippen LogP contribution in [0.3, 0.4) is 0 Å². The maximum absolute atomic E-state index is 5.49. The van der Waals surface area contributed by atoms with Crippen molar-refractivity contribution in [1.82, 2.24) is 5.32 Å². The molecule has 0 aromatic heterocycles. The summed E-state index contributed by atoms with van der Waals surface area (Å²) in [5.74, 6) is 1.94. The minimum Gasteiger partial charge on any atom is -0.496 e. The summed E-state index contributed by atoms with van der Waals surface area (Å²) >= 11 is 0. The first-order valence-corrected chi connectivity index (χ1v) is 9.44. The van der Waals surface area contributed by atoms with Crippen molar-refractivity contribution >= 4 is 0 Å². The number of ether oxygens (including phenoxy) is 2. The molecule has 0 fully saturated rings. The molecule has 3 aromatic carbocycles. The first kappa shape index (κ1) is 19.0. The van der Waals surface area contributed by atoms with Gasteiger partial charge in [-0.15, -0.1) is 0 Å². The fourth-order valence-corrected chi connectivity index (χ4v) is 3.09. The minimum atomic E-state index is 0.833. The summed E-state index contributed by atoms with van der Waals surface area (Å²) in [7, 11) is 1.70. The van der Waals surface area contributed by atoms with Gasteiger partial charge in [-0.05, 0) is 36.1 Å². The zero-order valence-corrected chi connectivity index (χ0v) is 15.9. The normalized spacial score (nSPS) is 12.2. The number of rotatable bonds is 5. The van der Waals surface area contributed by atoms with Crippen molar-refractivity contribution in [3.8, 4) is 11.5 Å². The lowest BCUT2D eigenvalue weighted by atomic mass is 10.1. The van der Waals surface area contributed by atoms with Crippen molar-refractivity contribution in [2.45, 2.75) is 25.9 Å². The third-order valence-electron chi connectivity index (χ3n) is 4.48. The van der Waals surface area contributed by atoms with Crippen LogP contribution in [0.2, 0.25) is 0 Å². The summed E-state index contributed by atoms with van der Waals surface area (Å²) < 4.78 is 10.7. The highest BCUT2D eigenvalue weighted by molar-refractivity contribution is 5.45. The van der Waals surface area contributed by atoms with E-state index in [1.54, 1.807) is 7.11 Å².